The number of hydrogen-bond donors (Lipinski definition) is 4. The number of aliphatic hydroxyl groups is 2. The van der Waals surface area contributed by atoms with Gasteiger partial charge in [-0.2, -0.15) is 5.48 Å². The predicted molar refractivity (Wildman–Crippen MR) is 36.7 cm³/mol. The summed E-state index contributed by atoms with van der Waals surface area (Å²) >= 11 is 0. The molecule has 0 aromatic rings. The molecule has 0 aromatic carbocycles. The van der Waals surface area contributed by atoms with Crippen molar-refractivity contribution >= 4 is 0 Å². The molecule has 4 N–H and O–H groups in total. The van der Waals surface area contributed by atoms with Crippen LogP contribution >= 0.6 is 0 Å². The quantitative estimate of drug-likeness (QED) is 0.397. The largest absolute Gasteiger partial charge is 0.395 e. The van der Waals surface area contributed by atoms with E-state index < -0.39 is 12.1 Å². The van der Waals surface area contributed by atoms with E-state index in [1.54, 1.807) is 0 Å². The van der Waals surface area contributed by atoms with Crippen LogP contribution in [0.4, 0.5) is 0 Å². The fraction of sp³-hybridized carbons (Fsp3) is 1.00. The molecule has 0 fully saturated rings. The highest BCUT2D eigenvalue weighted by atomic mass is 16.5. The summed E-state index contributed by atoms with van der Waals surface area (Å²) in [5.74, 6) is 0. The molecule has 0 aliphatic rings. The fourth-order valence-electron chi connectivity index (χ4n) is 0.745. The molecule has 0 spiro atoms. The topological polar surface area (TPSA) is 72.7 Å². The molecule has 0 amide bonds. The van der Waals surface area contributed by atoms with Crippen molar-refractivity contribution in [3.63, 3.8) is 0 Å². The van der Waals surface area contributed by atoms with Crippen molar-refractivity contribution in [3.8, 4) is 0 Å². The molecule has 2 atom stereocenters. The summed E-state index contributed by atoms with van der Waals surface area (Å²) in [6.07, 6.45) is 0.748. The van der Waals surface area contributed by atoms with Crippen molar-refractivity contribution in [2.24, 2.45) is 0 Å². The van der Waals surface area contributed by atoms with Gasteiger partial charge in [-0.25, -0.2) is 0 Å². The smallest absolute Gasteiger partial charge is 0.0809 e. The number of hydrogen-bond acceptors (Lipinski definition) is 4. The third-order valence-electron chi connectivity index (χ3n) is 1.41. The van der Waals surface area contributed by atoms with Crippen molar-refractivity contribution in [1.82, 2.24) is 5.48 Å². The number of aliphatic hydroxyl groups excluding tert-OH is 2. The second-order valence-electron chi connectivity index (χ2n) is 2.27. The Balaban J connectivity index is 3.53. The van der Waals surface area contributed by atoms with E-state index in [4.69, 9.17) is 15.4 Å². The molecule has 4 nitrogen and oxygen atoms in total. The zero-order chi connectivity index (χ0) is 7.98. The summed E-state index contributed by atoms with van der Waals surface area (Å²) in [4.78, 5) is 0. The van der Waals surface area contributed by atoms with Crippen LogP contribution in [0.2, 0.25) is 0 Å². The summed E-state index contributed by atoms with van der Waals surface area (Å²) in [6, 6.07) is -0.611. The summed E-state index contributed by atoms with van der Waals surface area (Å²) < 4.78 is 0. The highest BCUT2D eigenvalue weighted by molar-refractivity contribution is 4.70. The third kappa shape index (κ3) is 3.12. The SMILES string of the molecule is CCCC(O)C(CO)NO. The molecule has 0 radical (unpaired) electrons. The van der Waals surface area contributed by atoms with Crippen LogP contribution in [0.3, 0.4) is 0 Å². The molecule has 0 saturated carbocycles. The van der Waals surface area contributed by atoms with Gasteiger partial charge in [0.05, 0.1) is 18.8 Å². The van der Waals surface area contributed by atoms with Gasteiger partial charge in [-0.1, -0.05) is 13.3 Å². The first-order chi connectivity index (χ1) is 4.76. The van der Waals surface area contributed by atoms with E-state index in [9.17, 15) is 0 Å². The van der Waals surface area contributed by atoms with Crippen LogP contribution in [0.1, 0.15) is 19.8 Å². The monoisotopic (exact) mass is 149 g/mol. The van der Waals surface area contributed by atoms with Crippen molar-refractivity contribution in [1.29, 1.82) is 0 Å². The minimum Gasteiger partial charge on any atom is -0.395 e. The zero-order valence-electron chi connectivity index (χ0n) is 6.12. The van der Waals surface area contributed by atoms with Crippen LogP contribution in [-0.2, 0) is 0 Å². The molecule has 0 aliphatic carbocycles. The summed E-state index contributed by atoms with van der Waals surface area (Å²) in [7, 11) is 0. The molecular weight excluding hydrogens is 134 g/mol. The first-order valence-electron chi connectivity index (χ1n) is 3.44. The van der Waals surface area contributed by atoms with Crippen molar-refractivity contribution < 1.29 is 15.4 Å². The van der Waals surface area contributed by atoms with E-state index in [1.165, 1.54) is 0 Å². The minimum atomic E-state index is -0.667. The molecular formula is C6H15NO3. The standard InChI is InChI=1S/C6H15NO3/c1-2-3-6(9)5(4-8)7-10/h5-10H,2-4H2,1H3. The van der Waals surface area contributed by atoms with Gasteiger partial charge in [0.15, 0.2) is 0 Å². The van der Waals surface area contributed by atoms with Crippen LogP contribution in [0, 0.1) is 0 Å². The normalized spacial score (nSPS) is 16.8. The van der Waals surface area contributed by atoms with Gasteiger partial charge in [-0.3, -0.25) is 0 Å². The highest BCUT2D eigenvalue weighted by Crippen LogP contribution is 2.00. The van der Waals surface area contributed by atoms with E-state index in [1.807, 2.05) is 12.4 Å². The Morgan fingerprint density at radius 3 is 2.40 bits per heavy atom. The minimum absolute atomic E-state index is 0.252. The van der Waals surface area contributed by atoms with Crippen molar-refractivity contribution in [3.05, 3.63) is 0 Å². The molecule has 2 unspecified atom stereocenters. The predicted octanol–water partition coefficient (Wildman–Crippen LogP) is -0.513. The van der Waals surface area contributed by atoms with Gasteiger partial charge in [0.2, 0.25) is 0 Å². The van der Waals surface area contributed by atoms with E-state index >= 15 is 0 Å². The first-order valence-corrected chi connectivity index (χ1v) is 3.44. The van der Waals surface area contributed by atoms with Gasteiger partial charge in [0.1, 0.15) is 0 Å². The Morgan fingerprint density at radius 1 is 1.50 bits per heavy atom. The van der Waals surface area contributed by atoms with Crippen LogP contribution in [0.25, 0.3) is 0 Å². The van der Waals surface area contributed by atoms with E-state index in [-0.39, 0.29) is 6.61 Å². The van der Waals surface area contributed by atoms with E-state index in [2.05, 4.69) is 0 Å². The fourth-order valence-corrected chi connectivity index (χ4v) is 0.745. The van der Waals surface area contributed by atoms with Crippen LogP contribution in [0.15, 0.2) is 0 Å². The highest BCUT2D eigenvalue weighted by Gasteiger charge is 2.15. The van der Waals surface area contributed by atoms with Crippen molar-refractivity contribution in [2.45, 2.75) is 31.9 Å². The second-order valence-corrected chi connectivity index (χ2v) is 2.27. The number of nitrogens with one attached hydrogen (secondary N) is 1. The Kier molecular flexibility index (Phi) is 5.52. The van der Waals surface area contributed by atoms with Crippen LogP contribution < -0.4 is 5.48 Å². The first kappa shape index (κ1) is 9.84. The van der Waals surface area contributed by atoms with Gasteiger partial charge in [0, 0.05) is 0 Å². The molecule has 62 valence electrons. The van der Waals surface area contributed by atoms with Crippen LogP contribution in [-0.4, -0.2) is 34.2 Å². The lowest BCUT2D eigenvalue weighted by molar-refractivity contribution is 0.00939. The maximum atomic E-state index is 9.13. The molecule has 0 heterocycles. The lowest BCUT2D eigenvalue weighted by Crippen LogP contribution is -2.40. The maximum Gasteiger partial charge on any atom is 0.0809 e. The van der Waals surface area contributed by atoms with E-state index in [0.717, 1.165) is 6.42 Å². The maximum absolute atomic E-state index is 9.13. The second kappa shape index (κ2) is 5.61. The Labute approximate surface area is 60.5 Å². The Morgan fingerprint density at radius 2 is 2.10 bits per heavy atom. The molecule has 0 aromatic heterocycles. The van der Waals surface area contributed by atoms with Gasteiger partial charge in [-0.05, 0) is 6.42 Å². The number of hydroxylamine groups is 1. The molecule has 10 heavy (non-hydrogen) atoms. The summed E-state index contributed by atoms with van der Waals surface area (Å²) in [5, 5.41) is 26.0. The lowest BCUT2D eigenvalue weighted by atomic mass is 10.1. The van der Waals surface area contributed by atoms with Gasteiger partial charge < -0.3 is 15.4 Å². The molecule has 0 saturated heterocycles. The van der Waals surface area contributed by atoms with E-state index in [0.29, 0.717) is 6.42 Å². The average Bonchev–Trinajstić information content (AvgIpc) is 1.91. The average molecular weight is 149 g/mol. The molecule has 0 aliphatic heterocycles. The van der Waals surface area contributed by atoms with Crippen LogP contribution in [0.5, 0.6) is 0 Å². The Bertz CT molecular complexity index is 75.4. The molecule has 0 rings (SSSR count). The van der Waals surface area contributed by atoms with Gasteiger partial charge in [-0.15, -0.1) is 0 Å². The number of rotatable bonds is 5. The molecule has 4 heteroatoms. The summed E-state index contributed by atoms with van der Waals surface area (Å²) in [6.45, 7) is 1.67. The summed E-state index contributed by atoms with van der Waals surface area (Å²) in [5.41, 5.74) is 1.84. The molecule has 0 bridgehead atoms. The lowest BCUT2D eigenvalue weighted by Gasteiger charge is -2.17. The van der Waals surface area contributed by atoms with Gasteiger partial charge in [0.25, 0.3) is 0 Å². The van der Waals surface area contributed by atoms with Gasteiger partial charge >= 0.3 is 0 Å². The third-order valence-corrected chi connectivity index (χ3v) is 1.41. The Hall–Kier alpha value is -0.160. The zero-order valence-corrected chi connectivity index (χ0v) is 6.12. The van der Waals surface area contributed by atoms with Crippen molar-refractivity contribution in [2.75, 3.05) is 6.61 Å².